The molecule has 0 amide bonds. The number of ether oxygens (including phenoxy) is 2. The van der Waals surface area contributed by atoms with Gasteiger partial charge in [0, 0.05) is 25.3 Å². The molecule has 0 unspecified atom stereocenters. The molecule has 26 heavy (non-hydrogen) atoms. The molecule has 1 aromatic heterocycles. The Bertz CT molecular complexity index is 835. The normalized spacial score (nSPS) is 17.7. The van der Waals surface area contributed by atoms with Gasteiger partial charge < -0.3 is 9.47 Å². The number of hydrogen-bond donors (Lipinski definition) is 0. The molecule has 4 rings (SSSR count). The number of fused-ring (bicyclic) bond motifs is 1. The molecule has 0 aliphatic carbocycles. The summed E-state index contributed by atoms with van der Waals surface area (Å²) in [4.78, 5) is 17.4. The van der Waals surface area contributed by atoms with Crippen LogP contribution in [0, 0.1) is 0 Å². The van der Waals surface area contributed by atoms with Crippen LogP contribution in [0.3, 0.4) is 0 Å². The van der Waals surface area contributed by atoms with Crippen molar-refractivity contribution in [3.8, 4) is 5.75 Å². The van der Waals surface area contributed by atoms with Gasteiger partial charge in [0.2, 0.25) is 0 Å². The number of aryl methyl sites for hydroxylation is 1. The lowest BCUT2D eigenvalue weighted by Crippen LogP contribution is -2.21. The lowest BCUT2D eigenvalue weighted by molar-refractivity contribution is 0.0667. The van der Waals surface area contributed by atoms with Crippen LogP contribution in [0.1, 0.15) is 47.6 Å². The van der Waals surface area contributed by atoms with Crippen LogP contribution in [0.4, 0.5) is 5.82 Å². The quantitative estimate of drug-likeness (QED) is 0.825. The van der Waals surface area contributed by atoms with Gasteiger partial charge in [-0.05, 0) is 37.3 Å². The summed E-state index contributed by atoms with van der Waals surface area (Å²) in [6.07, 6.45) is 5.42. The summed E-state index contributed by atoms with van der Waals surface area (Å²) >= 11 is 0. The number of methoxy groups -OCH3 is 1. The fourth-order valence-electron chi connectivity index (χ4n) is 3.66. The molecule has 0 saturated carbocycles. The highest BCUT2D eigenvalue weighted by Crippen LogP contribution is 2.33. The van der Waals surface area contributed by atoms with Crippen molar-refractivity contribution in [2.24, 2.45) is 4.99 Å². The lowest BCUT2D eigenvalue weighted by Gasteiger charge is -2.24. The minimum atomic E-state index is 0.114. The van der Waals surface area contributed by atoms with Crippen LogP contribution >= 0.6 is 0 Å². The molecular weight excluding hydrogens is 330 g/mol. The van der Waals surface area contributed by atoms with Gasteiger partial charge >= 0.3 is 0 Å². The number of nitrogens with zero attached hydrogens (tertiary/aromatic N) is 3. The van der Waals surface area contributed by atoms with Crippen molar-refractivity contribution in [2.75, 3.05) is 20.3 Å². The Labute approximate surface area is 152 Å². The van der Waals surface area contributed by atoms with E-state index in [2.05, 4.69) is 11.2 Å². The van der Waals surface area contributed by atoms with E-state index < -0.39 is 0 Å². The second-order valence-corrected chi connectivity index (χ2v) is 6.76. The number of carbonyl (C=O) groups is 1. The molecule has 3 heterocycles. The van der Waals surface area contributed by atoms with Gasteiger partial charge in [-0.3, -0.25) is 4.79 Å². The van der Waals surface area contributed by atoms with Gasteiger partial charge in [-0.25, -0.2) is 9.67 Å². The lowest BCUT2D eigenvalue weighted by atomic mass is 9.99. The number of benzene rings is 1. The van der Waals surface area contributed by atoms with Crippen LogP contribution in [0.2, 0.25) is 0 Å². The highest BCUT2D eigenvalue weighted by molar-refractivity contribution is 6.15. The Morgan fingerprint density at radius 3 is 2.85 bits per heavy atom. The molecule has 2 aromatic rings. The monoisotopic (exact) mass is 353 g/mol. The average molecular weight is 353 g/mol. The molecule has 0 bridgehead atoms. The van der Waals surface area contributed by atoms with E-state index in [-0.39, 0.29) is 11.8 Å². The number of rotatable bonds is 5. The zero-order valence-electron chi connectivity index (χ0n) is 15.0. The summed E-state index contributed by atoms with van der Waals surface area (Å²) in [5.74, 6) is 1.72. The number of aromatic nitrogens is 2. The van der Waals surface area contributed by atoms with Gasteiger partial charge in [-0.2, -0.15) is 5.10 Å². The molecule has 1 fully saturated rings. The van der Waals surface area contributed by atoms with E-state index >= 15 is 0 Å². The Hall–Kier alpha value is -2.47. The number of carbonyl (C=O) groups excluding carboxylic acids is 1. The highest BCUT2D eigenvalue weighted by Gasteiger charge is 2.27. The molecule has 2 aliphatic rings. The first kappa shape index (κ1) is 17.0. The van der Waals surface area contributed by atoms with E-state index in [1.54, 1.807) is 13.3 Å². The Morgan fingerprint density at radius 1 is 1.23 bits per heavy atom. The molecule has 2 aliphatic heterocycles. The Balaban J connectivity index is 1.55. The molecule has 1 saturated heterocycles. The minimum Gasteiger partial charge on any atom is -0.496 e. The molecule has 6 heteroatoms. The third kappa shape index (κ3) is 3.29. The zero-order valence-corrected chi connectivity index (χ0v) is 15.0. The van der Waals surface area contributed by atoms with Crippen LogP contribution in [0.25, 0.3) is 0 Å². The third-order valence-corrected chi connectivity index (χ3v) is 5.11. The van der Waals surface area contributed by atoms with Crippen molar-refractivity contribution >= 4 is 17.3 Å². The van der Waals surface area contributed by atoms with E-state index in [0.29, 0.717) is 12.0 Å². The summed E-state index contributed by atoms with van der Waals surface area (Å²) in [7, 11) is 1.68. The zero-order chi connectivity index (χ0) is 17.9. The maximum Gasteiger partial charge on any atom is 0.173 e. The van der Waals surface area contributed by atoms with Gasteiger partial charge in [-0.1, -0.05) is 18.2 Å². The second kappa shape index (κ2) is 7.41. The molecule has 6 nitrogen and oxygen atoms in total. The number of para-hydroxylation sites is 1. The van der Waals surface area contributed by atoms with Crippen molar-refractivity contribution in [3.05, 3.63) is 41.6 Å². The smallest absolute Gasteiger partial charge is 0.173 e. The van der Waals surface area contributed by atoms with Crippen molar-refractivity contribution < 1.29 is 14.3 Å². The standard InChI is InChI=1S/C20H23N3O3/c1-25-19-5-3-2-4-14(19)6-7-15-12-18(24)17-13-21-23(20(17)22-15)16-8-10-26-11-9-16/h2-5,13,16H,6-12H2,1H3. The number of Topliss-reactive ketones (excluding diaryl/α,β-unsaturated/α-hetero) is 1. The summed E-state index contributed by atoms with van der Waals surface area (Å²) in [6.45, 7) is 1.47. The van der Waals surface area contributed by atoms with E-state index in [1.807, 2.05) is 22.9 Å². The summed E-state index contributed by atoms with van der Waals surface area (Å²) in [5, 5.41) is 4.47. The van der Waals surface area contributed by atoms with Crippen LogP contribution in [-0.2, 0) is 11.2 Å². The van der Waals surface area contributed by atoms with Crippen molar-refractivity contribution in [1.82, 2.24) is 9.78 Å². The first-order chi connectivity index (χ1) is 12.8. The van der Waals surface area contributed by atoms with Crippen molar-refractivity contribution in [1.29, 1.82) is 0 Å². The Kier molecular flexibility index (Phi) is 4.84. The molecule has 0 N–H and O–H groups in total. The van der Waals surface area contributed by atoms with Crippen LogP contribution in [0.15, 0.2) is 35.5 Å². The van der Waals surface area contributed by atoms with Gasteiger partial charge in [0.25, 0.3) is 0 Å². The van der Waals surface area contributed by atoms with E-state index in [9.17, 15) is 4.79 Å². The summed E-state index contributed by atoms with van der Waals surface area (Å²) in [5.41, 5.74) is 2.70. The molecular formula is C20H23N3O3. The maximum absolute atomic E-state index is 12.5. The SMILES string of the molecule is COc1ccccc1CCC1=Nc2c(cnn2C2CCOCC2)C(=O)C1. The minimum absolute atomic E-state index is 0.114. The number of hydrogen-bond acceptors (Lipinski definition) is 5. The van der Waals surface area contributed by atoms with Gasteiger partial charge in [0.15, 0.2) is 11.6 Å². The molecule has 0 radical (unpaired) electrons. The first-order valence-electron chi connectivity index (χ1n) is 9.13. The second-order valence-electron chi connectivity index (χ2n) is 6.76. The van der Waals surface area contributed by atoms with E-state index in [1.165, 1.54) is 0 Å². The van der Waals surface area contributed by atoms with Crippen molar-refractivity contribution in [2.45, 2.75) is 38.1 Å². The highest BCUT2D eigenvalue weighted by atomic mass is 16.5. The molecule has 0 atom stereocenters. The molecule has 1 aromatic carbocycles. The predicted molar refractivity (Wildman–Crippen MR) is 98.7 cm³/mol. The van der Waals surface area contributed by atoms with Crippen molar-refractivity contribution in [3.63, 3.8) is 0 Å². The van der Waals surface area contributed by atoms with E-state index in [0.717, 1.165) is 61.7 Å². The fraction of sp³-hybridized carbons (Fsp3) is 0.450. The van der Waals surface area contributed by atoms with Crippen LogP contribution in [0.5, 0.6) is 5.75 Å². The largest absolute Gasteiger partial charge is 0.496 e. The van der Waals surface area contributed by atoms with Gasteiger partial charge in [0.1, 0.15) is 5.75 Å². The third-order valence-electron chi connectivity index (χ3n) is 5.11. The predicted octanol–water partition coefficient (Wildman–Crippen LogP) is 3.53. The fourth-order valence-corrected chi connectivity index (χ4v) is 3.66. The molecule has 0 spiro atoms. The number of aliphatic imine (C=N–C) groups is 1. The van der Waals surface area contributed by atoms with E-state index in [4.69, 9.17) is 14.5 Å². The van der Waals surface area contributed by atoms with Crippen LogP contribution in [-0.4, -0.2) is 41.6 Å². The first-order valence-corrected chi connectivity index (χ1v) is 9.13. The summed E-state index contributed by atoms with van der Waals surface area (Å²) in [6, 6.07) is 8.24. The van der Waals surface area contributed by atoms with Gasteiger partial charge in [0.05, 0.1) is 24.9 Å². The molecule has 136 valence electrons. The Morgan fingerprint density at radius 2 is 2.04 bits per heavy atom. The topological polar surface area (TPSA) is 65.7 Å². The maximum atomic E-state index is 12.5. The number of ketones is 1. The van der Waals surface area contributed by atoms with Gasteiger partial charge in [-0.15, -0.1) is 0 Å². The van der Waals surface area contributed by atoms with Crippen LogP contribution < -0.4 is 4.74 Å². The summed E-state index contributed by atoms with van der Waals surface area (Å²) < 4.78 is 12.8. The average Bonchev–Trinajstić information content (AvgIpc) is 3.12.